The Morgan fingerprint density at radius 3 is 2.47 bits per heavy atom. The van der Waals surface area contributed by atoms with Crippen molar-refractivity contribution in [2.45, 2.75) is 32.4 Å². The Labute approximate surface area is 191 Å². The molecule has 3 rings (SSSR count). The van der Waals surface area contributed by atoms with Gasteiger partial charge in [-0.3, -0.25) is 9.69 Å². The van der Waals surface area contributed by atoms with Gasteiger partial charge in [0.25, 0.3) is 5.91 Å². The summed E-state index contributed by atoms with van der Waals surface area (Å²) in [6, 6.07) is 16.0. The summed E-state index contributed by atoms with van der Waals surface area (Å²) in [6.07, 6.45) is 2.46. The molecule has 7 nitrogen and oxygen atoms in total. The number of methoxy groups -OCH3 is 1. The first kappa shape index (κ1) is 23.6. The van der Waals surface area contributed by atoms with E-state index in [1.165, 1.54) is 18.4 Å². The van der Waals surface area contributed by atoms with Crippen LogP contribution in [0.15, 0.2) is 53.5 Å². The topological polar surface area (TPSA) is 78.0 Å². The van der Waals surface area contributed by atoms with Crippen molar-refractivity contribution in [2.75, 3.05) is 40.3 Å². The summed E-state index contributed by atoms with van der Waals surface area (Å²) in [7, 11) is 3.36. The van der Waals surface area contributed by atoms with Gasteiger partial charge in [-0.2, -0.15) is 0 Å². The number of carbonyl (C=O) groups excluding carboxylic acids is 1. The fourth-order valence-electron chi connectivity index (χ4n) is 4.04. The van der Waals surface area contributed by atoms with Gasteiger partial charge in [0.05, 0.1) is 19.7 Å². The zero-order valence-corrected chi connectivity index (χ0v) is 19.4. The van der Waals surface area contributed by atoms with E-state index in [0.29, 0.717) is 12.1 Å². The van der Waals surface area contributed by atoms with E-state index in [2.05, 4.69) is 39.9 Å². The molecule has 0 aliphatic carbocycles. The van der Waals surface area contributed by atoms with Crippen molar-refractivity contribution >= 4 is 11.9 Å². The van der Waals surface area contributed by atoms with Crippen LogP contribution in [0.25, 0.3) is 0 Å². The quantitative estimate of drug-likeness (QED) is 0.415. The van der Waals surface area contributed by atoms with E-state index in [1.54, 1.807) is 14.2 Å². The molecule has 32 heavy (non-hydrogen) atoms. The van der Waals surface area contributed by atoms with E-state index >= 15 is 0 Å². The zero-order valence-electron chi connectivity index (χ0n) is 19.4. The van der Waals surface area contributed by atoms with Gasteiger partial charge in [-0.1, -0.05) is 30.3 Å². The van der Waals surface area contributed by atoms with Crippen LogP contribution in [0.2, 0.25) is 0 Å². The highest BCUT2D eigenvalue weighted by Gasteiger charge is 2.26. The minimum absolute atomic E-state index is 0.0839. The number of nitrogens with one attached hydrogen (secondary N) is 3. The van der Waals surface area contributed by atoms with Gasteiger partial charge in [0.1, 0.15) is 5.75 Å². The van der Waals surface area contributed by atoms with E-state index in [4.69, 9.17) is 9.73 Å². The van der Waals surface area contributed by atoms with Crippen molar-refractivity contribution in [1.29, 1.82) is 0 Å². The third-order valence-corrected chi connectivity index (χ3v) is 5.75. The van der Waals surface area contributed by atoms with Crippen LogP contribution in [0.1, 0.15) is 47.3 Å². The molecule has 1 aliphatic heterocycles. The number of amides is 1. The van der Waals surface area contributed by atoms with Crippen LogP contribution < -0.4 is 20.7 Å². The third kappa shape index (κ3) is 6.23. The highest BCUT2D eigenvalue weighted by Crippen LogP contribution is 2.31. The number of hydrogen-bond acceptors (Lipinski definition) is 4. The second-order valence-electron chi connectivity index (χ2n) is 7.85. The number of nitrogens with zero attached hydrogens (tertiary/aromatic N) is 2. The highest BCUT2D eigenvalue weighted by atomic mass is 16.5. The first-order valence-corrected chi connectivity index (χ1v) is 11.4. The maximum atomic E-state index is 11.7. The largest absolute Gasteiger partial charge is 0.496 e. The summed E-state index contributed by atoms with van der Waals surface area (Å²) in [4.78, 5) is 19.0. The fraction of sp³-hybridized carbons (Fsp3) is 0.440. The lowest BCUT2D eigenvalue weighted by atomic mass is 10.0. The van der Waals surface area contributed by atoms with Crippen LogP contribution in [0.4, 0.5) is 0 Å². The molecule has 1 fully saturated rings. The molecule has 0 saturated carbocycles. The number of likely N-dealkylation sites (tertiary alicyclic amines) is 1. The van der Waals surface area contributed by atoms with E-state index in [0.717, 1.165) is 43.5 Å². The van der Waals surface area contributed by atoms with Crippen LogP contribution in [-0.2, 0) is 6.54 Å². The van der Waals surface area contributed by atoms with Crippen LogP contribution in [-0.4, -0.2) is 57.1 Å². The number of ether oxygens (including phenoxy) is 1. The SMILES string of the molecule is CCNC(=NCc1ccc(C(=O)NC)cc1)NCC(c1ccccc1OC)N1CCCC1. The summed E-state index contributed by atoms with van der Waals surface area (Å²) in [6.45, 7) is 6.30. The van der Waals surface area contributed by atoms with Gasteiger partial charge in [-0.25, -0.2) is 4.99 Å². The molecule has 1 atom stereocenters. The first-order valence-electron chi connectivity index (χ1n) is 11.4. The Bertz CT molecular complexity index is 891. The van der Waals surface area contributed by atoms with Gasteiger partial charge in [-0.15, -0.1) is 0 Å². The Kier molecular flexibility index (Phi) is 8.92. The fourth-order valence-corrected chi connectivity index (χ4v) is 4.04. The third-order valence-electron chi connectivity index (χ3n) is 5.75. The molecular formula is C25H35N5O2. The summed E-state index contributed by atoms with van der Waals surface area (Å²) in [5.41, 5.74) is 2.90. The molecule has 7 heteroatoms. The smallest absolute Gasteiger partial charge is 0.251 e. The maximum Gasteiger partial charge on any atom is 0.251 e. The first-order chi connectivity index (χ1) is 15.7. The van der Waals surface area contributed by atoms with Crippen LogP contribution >= 0.6 is 0 Å². The molecule has 1 saturated heterocycles. The van der Waals surface area contributed by atoms with Crippen molar-refractivity contribution in [3.63, 3.8) is 0 Å². The number of carbonyl (C=O) groups is 1. The van der Waals surface area contributed by atoms with E-state index in [-0.39, 0.29) is 11.9 Å². The summed E-state index contributed by atoms with van der Waals surface area (Å²) < 4.78 is 5.65. The van der Waals surface area contributed by atoms with Gasteiger partial charge in [0.2, 0.25) is 0 Å². The van der Waals surface area contributed by atoms with E-state index < -0.39 is 0 Å². The molecule has 172 valence electrons. The zero-order chi connectivity index (χ0) is 22.8. The molecule has 0 radical (unpaired) electrons. The lowest BCUT2D eigenvalue weighted by Crippen LogP contribution is -2.42. The van der Waals surface area contributed by atoms with Gasteiger partial charge in [0.15, 0.2) is 5.96 Å². The van der Waals surface area contributed by atoms with Crippen molar-refractivity contribution in [3.05, 3.63) is 65.2 Å². The number of para-hydroxylation sites is 1. The summed E-state index contributed by atoms with van der Waals surface area (Å²) in [5, 5.41) is 9.52. The predicted octanol–water partition coefficient (Wildman–Crippen LogP) is 2.95. The Morgan fingerprint density at radius 2 is 1.81 bits per heavy atom. The van der Waals surface area contributed by atoms with Crippen molar-refractivity contribution < 1.29 is 9.53 Å². The van der Waals surface area contributed by atoms with Crippen molar-refractivity contribution in [3.8, 4) is 5.75 Å². The second kappa shape index (κ2) is 12.1. The van der Waals surface area contributed by atoms with Crippen molar-refractivity contribution in [2.24, 2.45) is 4.99 Å². The number of aliphatic imine (C=N–C) groups is 1. The Balaban J connectivity index is 1.71. The monoisotopic (exact) mass is 437 g/mol. The maximum absolute atomic E-state index is 11.7. The van der Waals surface area contributed by atoms with E-state index in [1.807, 2.05) is 36.4 Å². The standard InChI is InChI=1S/C25H35N5O2/c1-4-27-25(28-17-19-11-13-20(14-12-19)24(31)26-2)29-18-22(30-15-7-8-16-30)21-9-5-6-10-23(21)32-3/h5-6,9-14,22H,4,7-8,15-18H2,1-3H3,(H,26,31)(H2,27,28,29). The van der Waals surface area contributed by atoms with Gasteiger partial charge in [-0.05, 0) is 56.6 Å². The molecule has 1 amide bonds. The van der Waals surface area contributed by atoms with Gasteiger partial charge < -0.3 is 20.7 Å². The average molecular weight is 438 g/mol. The van der Waals surface area contributed by atoms with E-state index in [9.17, 15) is 4.79 Å². The van der Waals surface area contributed by atoms with Gasteiger partial charge in [0, 0.05) is 31.3 Å². The minimum atomic E-state index is -0.0839. The molecule has 0 bridgehead atoms. The molecule has 1 aliphatic rings. The summed E-state index contributed by atoms with van der Waals surface area (Å²) >= 11 is 0. The number of benzene rings is 2. The number of guanidine groups is 1. The second-order valence-corrected chi connectivity index (χ2v) is 7.85. The highest BCUT2D eigenvalue weighted by molar-refractivity contribution is 5.93. The molecule has 1 heterocycles. The average Bonchev–Trinajstić information content (AvgIpc) is 3.37. The lowest BCUT2D eigenvalue weighted by Gasteiger charge is -2.30. The van der Waals surface area contributed by atoms with Crippen molar-refractivity contribution in [1.82, 2.24) is 20.9 Å². The Morgan fingerprint density at radius 1 is 1.09 bits per heavy atom. The number of rotatable bonds is 9. The van der Waals surface area contributed by atoms with Crippen LogP contribution in [0.3, 0.4) is 0 Å². The molecule has 3 N–H and O–H groups in total. The molecule has 1 unspecified atom stereocenters. The molecule has 0 spiro atoms. The summed E-state index contributed by atoms with van der Waals surface area (Å²) in [5.74, 6) is 1.62. The molecule has 0 aromatic heterocycles. The number of hydrogen-bond donors (Lipinski definition) is 3. The molecular weight excluding hydrogens is 402 g/mol. The van der Waals surface area contributed by atoms with Crippen LogP contribution in [0, 0.1) is 0 Å². The molecule has 2 aromatic carbocycles. The Hall–Kier alpha value is -3.06. The molecule has 2 aromatic rings. The normalized spacial score (nSPS) is 15.3. The predicted molar refractivity (Wildman–Crippen MR) is 129 cm³/mol. The van der Waals surface area contributed by atoms with Crippen LogP contribution in [0.5, 0.6) is 5.75 Å². The lowest BCUT2D eigenvalue weighted by molar-refractivity contribution is 0.0963. The van der Waals surface area contributed by atoms with Gasteiger partial charge >= 0.3 is 0 Å². The minimum Gasteiger partial charge on any atom is -0.496 e.